The highest BCUT2D eigenvalue weighted by Gasteiger charge is 2.15. The molecule has 0 aliphatic carbocycles. The van der Waals surface area contributed by atoms with Gasteiger partial charge in [-0.25, -0.2) is 0 Å². The van der Waals surface area contributed by atoms with E-state index in [1.165, 1.54) is 0 Å². The molecule has 0 amide bonds. The van der Waals surface area contributed by atoms with Crippen LogP contribution in [0.2, 0.25) is 0 Å². The molecule has 0 aliphatic rings. The number of hydrogen-bond donors (Lipinski definition) is 0. The largest absolute Gasteiger partial charge is 0.497 e. The van der Waals surface area contributed by atoms with Crippen molar-refractivity contribution in [2.45, 2.75) is 6.04 Å². The normalized spacial score (nSPS) is 11.6. The molecule has 0 heterocycles. The first-order valence-corrected chi connectivity index (χ1v) is 5.82. The van der Waals surface area contributed by atoms with Gasteiger partial charge in [-0.3, -0.25) is 4.90 Å². The standard InChI is InChI=1S/C16H19NO/c1-5-12-17(13-6-2)16(7-3)14-8-10-15(18-4)11-9-14/h3,5-6,8-11,16H,1-2,12-13H2,4H3. The SMILES string of the molecule is C#CC(c1ccc(OC)cc1)N(CC=C)CC=C. The summed E-state index contributed by atoms with van der Waals surface area (Å²) in [4.78, 5) is 2.13. The van der Waals surface area contributed by atoms with E-state index >= 15 is 0 Å². The van der Waals surface area contributed by atoms with E-state index in [9.17, 15) is 0 Å². The maximum atomic E-state index is 5.65. The summed E-state index contributed by atoms with van der Waals surface area (Å²) < 4.78 is 5.14. The van der Waals surface area contributed by atoms with Gasteiger partial charge in [-0.2, -0.15) is 0 Å². The second kappa shape index (κ2) is 7.37. The minimum atomic E-state index is -0.0769. The molecule has 1 rings (SSSR count). The lowest BCUT2D eigenvalue weighted by Gasteiger charge is -2.26. The van der Waals surface area contributed by atoms with Crippen molar-refractivity contribution in [3.63, 3.8) is 0 Å². The van der Waals surface area contributed by atoms with Gasteiger partial charge in [0.25, 0.3) is 0 Å². The molecule has 2 heteroatoms. The second-order valence-electron chi connectivity index (χ2n) is 3.87. The van der Waals surface area contributed by atoms with Crippen molar-refractivity contribution < 1.29 is 4.74 Å². The zero-order valence-corrected chi connectivity index (χ0v) is 10.8. The van der Waals surface area contributed by atoms with Gasteiger partial charge in [-0.1, -0.05) is 30.2 Å². The zero-order chi connectivity index (χ0) is 13.4. The molecule has 0 saturated heterocycles. The minimum Gasteiger partial charge on any atom is -0.497 e. The van der Waals surface area contributed by atoms with Crippen molar-refractivity contribution in [2.24, 2.45) is 0 Å². The Morgan fingerprint density at radius 3 is 2.22 bits per heavy atom. The summed E-state index contributed by atoms with van der Waals surface area (Å²) in [5, 5.41) is 0. The Morgan fingerprint density at radius 2 is 1.83 bits per heavy atom. The van der Waals surface area contributed by atoms with Gasteiger partial charge in [0.1, 0.15) is 5.75 Å². The summed E-state index contributed by atoms with van der Waals surface area (Å²) in [5.41, 5.74) is 1.07. The van der Waals surface area contributed by atoms with Gasteiger partial charge in [-0.15, -0.1) is 19.6 Å². The molecule has 0 bridgehead atoms. The molecule has 1 aromatic rings. The average Bonchev–Trinajstić information content (AvgIpc) is 2.41. The van der Waals surface area contributed by atoms with E-state index in [2.05, 4.69) is 24.0 Å². The third kappa shape index (κ3) is 3.51. The van der Waals surface area contributed by atoms with Crippen molar-refractivity contribution in [1.82, 2.24) is 4.90 Å². The zero-order valence-electron chi connectivity index (χ0n) is 10.8. The molecule has 94 valence electrons. The summed E-state index contributed by atoms with van der Waals surface area (Å²) in [6.45, 7) is 8.97. The Bertz CT molecular complexity index is 417. The summed E-state index contributed by atoms with van der Waals surface area (Å²) >= 11 is 0. The first-order valence-electron chi connectivity index (χ1n) is 5.82. The first-order chi connectivity index (χ1) is 8.76. The van der Waals surface area contributed by atoms with Crippen LogP contribution in [0.25, 0.3) is 0 Å². The number of benzene rings is 1. The summed E-state index contributed by atoms with van der Waals surface area (Å²) in [6, 6.07) is 7.73. The van der Waals surface area contributed by atoms with Crippen LogP contribution in [-0.4, -0.2) is 25.1 Å². The third-order valence-electron chi connectivity index (χ3n) is 2.68. The number of hydrogen-bond acceptors (Lipinski definition) is 2. The highest BCUT2D eigenvalue weighted by atomic mass is 16.5. The molecule has 1 unspecified atom stereocenters. The van der Waals surface area contributed by atoms with Crippen LogP contribution >= 0.6 is 0 Å². The van der Waals surface area contributed by atoms with Gasteiger partial charge in [0.2, 0.25) is 0 Å². The Morgan fingerprint density at radius 1 is 1.28 bits per heavy atom. The monoisotopic (exact) mass is 241 g/mol. The average molecular weight is 241 g/mol. The van der Waals surface area contributed by atoms with Crippen molar-refractivity contribution in [3.8, 4) is 18.1 Å². The Kier molecular flexibility index (Phi) is 5.76. The minimum absolute atomic E-state index is 0.0769. The van der Waals surface area contributed by atoms with E-state index in [0.29, 0.717) is 0 Å². The van der Waals surface area contributed by atoms with E-state index in [0.717, 1.165) is 24.4 Å². The molecule has 0 saturated carbocycles. The van der Waals surface area contributed by atoms with Crippen LogP contribution in [0, 0.1) is 12.3 Å². The van der Waals surface area contributed by atoms with Crippen molar-refractivity contribution in [2.75, 3.05) is 20.2 Å². The summed E-state index contributed by atoms with van der Waals surface area (Å²) in [7, 11) is 1.65. The number of rotatable bonds is 7. The molecule has 0 aliphatic heterocycles. The van der Waals surface area contributed by atoms with Crippen molar-refractivity contribution in [3.05, 3.63) is 55.1 Å². The molecule has 0 aromatic heterocycles. The van der Waals surface area contributed by atoms with Gasteiger partial charge in [0.05, 0.1) is 13.2 Å². The summed E-state index contributed by atoms with van der Waals surface area (Å²) in [5.74, 6) is 3.64. The smallest absolute Gasteiger partial charge is 0.118 e. The predicted molar refractivity (Wildman–Crippen MR) is 76.5 cm³/mol. The maximum Gasteiger partial charge on any atom is 0.118 e. The first kappa shape index (κ1) is 14.1. The fourth-order valence-corrected chi connectivity index (χ4v) is 1.82. The van der Waals surface area contributed by atoms with Crippen molar-refractivity contribution in [1.29, 1.82) is 0 Å². The summed E-state index contributed by atoms with van der Waals surface area (Å²) in [6.07, 6.45) is 9.33. The van der Waals surface area contributed by atoms with Crippen LogP contribution < -0.4 is 4.74 Å². The van der Waals surface area contributed by atoms with Crippen LogP contribution in [-0.2, 0) is 0 Å². The Labute approximate surface area is 110 Å². The van der Waals surface area contributed by atoms with Gasteiger partial charge >= 0.3 is 0 Å². The number of nitrogens with zero attached hydrogens (tertiary/aromatic N) is 1. The van der Waals surface area contributed by atoms with E-state index in [-0.39, 0.29) is 6.04 Å². The topological polar surface area (TPSA) is 12.5 Å². The number of methoxy groups -OCH3 is 1. The van der Waals surface area contributed by atoms with E-state index < -0.39 is 0 Å². The Hall–Kier alpha value is -1.98. The molecule has 0 N–H and O–H groups in total. The van der Waals surface area contributed by atoms with Gasteiger partial charge < -0.3 is 4.74 Å². The molecule has 1 atom stereocenters. The fraction of sp³-hybridized carbons (Fsp3) is 0.250. The third-order valence-corrected chi connectivity index (χ3v) is 2.68. The quantitative estimate of drug-likeness (QED) is 0.537. The Balaban J connectivity index is 2.95. The number of terminal acetylenes is 1. The van der Waals surface area contributed by atoms with Crippen LogP contribution in [0.4, 0.5) is 0 Å². The highest BCUT2D eigenvalue weighted by Crippen LogP contribution is 2.22. The number of ether oxygens (including phenoxy) is 1. The van der Waals surface area contributed by atoms with E-state index in [1.807, 2.05) is 36.4 Å². The molecule has 18 heavy (non-hydrogen) atoms. The van der Waals surface area contributed by atoms with E-state index in [1.54, 1.807) is 7.11 Å². The van der Waals surface area contributed by atoms with Gasteiger partial charge in [0.15, 0.2) is 0 Å². The molecule has 0 fully saturated rings. The molecule has 2 nitrogen and oxygen atoms in total. The highest BCUT2D eigenvalue weighted by molar-refractivity contribution is 5.32. The molecule has 0 radical (unpaired) electrons. The van der Waals surface area contributed by atoms with Crippen LogP contribution in [0.1, 0.15) is 11.6 Å². The molecular weight excluding hydrogens is 222 g/mol. The van der Waals surface area contributed by atoms with Crippen LogP contribution in [0.15, 0.2) is 49.6 Å². The van der Waals surface area contributed by atoms with Gasteiger partial charge in [-0.05, 0) is 17.7 Å². The van der Waals surface area contributed by atoms with Crippen molar-refractivity contribution >= 4 is 0 Å². The van der Waals surface area contributed by atoms with Crippen LogP contribution in [0.5, 0.6) is 5.75 Å². The van der Waals surface area contributed by atoms with Gasteiger partial charge in [0, 0.05) is 13.1 Å². The van der Waals surface area contributed by atoms with E-state index in [4.69, 9.17) is 11.2 Å². The molecular formula is C16H19NO. The fourth-order valence-electron chi connectivity index (χ4n) is 1.82. The predicted octanol–water partition coefficient (Wildman–Crippen LogP) is 3.04. The second-order valence-corrected chi connectivity index (χ2v) is 3.87. The maximum absolute atomic E-state index is 5.65. The molecule has 1 aromatic carbocycles. The lowest BCUT2D eigenvalue weighted by atomic mass is 10.1. The van der Waals surface area contributed by atoms with Crippen LogP contribution in [0.3, 0.4) is 0 Å². The lowest BCUT2D eigenvalue weighted by Crippen LogP contribution is -2.28. The lowest BCUT2D eigenvalue weighted by molar-refractivity contribution is 0.293. The molecule has 0 spiro atoms.